The second kappa shape index (κ2) is 8.17. The molecule has 0 radical (unpaired) electrons. The van der Waals surface area contributed by atoms with Crippen LogP contribution in [-0.4, -0.2) is 53.8 Å². The summed E-state index contributed by atoms with van der Waals surface area (Å²) in [5, 5.41) is 2.89. The SMILES string of the molecule is CCNC(=O)N1CCCC(Cc2ncc(C)n2CCOC)C1. The molecule has 0 spiro atoms. The minimum Gasteiger partial charge on any atom is -0.383 e. The van der Waals surface area contributed by atoms with Crippen molar-refractivity contribution in [3.63, 3.8) is 0 Å². The summed E-state index contributed by atoms with van der Waals surface area (Å²) in [4.78, 5) is 18.5. The summed E-state index contributed by atoms with van der Waals surface area (Å²) in [6.07, 6.45) is 5.08. The number of hydrogen-bond acceptors (Lipinski definition) is 3. The molecule has 6 heteroatoms. The number of piperidine rings is 1. The average molecular weight is 308 g/mol. The Morgan fingerprint density at radius 2 is 2.36 bits per heavy atom. The molecule has 0 aliphatic carbocycles. The van der Waals surface area contributed by atoms with E-state index >= 15 is 0 Å². The number of rotatable bonds is 6. The van der Waals surface area contributed by atoms with Crippen LogP contribution >= 0.6 is 0 Å². The van der Waals surface area contributed by atoms with Crippen LogP contribution in [0.4, 0.5) is 4.79 Å². The quantitative estimate of drug-likeness (QED) is 0.872. The van der Waals surface area contributed by atoms with Crippen LogP contribution in [0.2, 0.25) is 0 Å². The highest BCUT2D eigenvalue weighted by molar-refractivity contribution is 5.74. The third kappa shape index (κ3) is 4.22. The molecular weight excluding hydrogens is 280 g/mol. The fourth-order valence-corrected chi connectivity index (χ4v) is 3.10. The number of ether oxygens (including phenoxy) is 1. The van der Waals surface area contributed by atoms with E-state index in [2.05, 4.69) is 21.8 Å². The standard InChI is InChI=1S/C16H28N4O2/c1-4-17-16(21)19-7-5-6-14(12-19)10-15-18-11-13(2)20(15)8-9-22-3/h11,14H,4-10,12H2,1-3H3,(H,17,21). The molecule has 1 aliphatic rings. The summed E-state index contributed by atoms with van der Waals surface area (Å²) in [5.41, 5.74) is 1.17. The maximum Gasteiger partial charge on any atom is 0.317 e. The van der Waals surface area contributed by atoms with Gasteiger partial charge in [-0.2, -0.15) is 0 Å². The van der Waals surface area contributed by atoms with E-state index in [-0.39, 0.29) is 6.03 Å². The number of imidazole rings is 1. The molecule has 22 heavy (non-hydrogen) atoms. The van der Waals surface area contributed by atoms with E-state index in [0.29, 0.717) is 19.1 Å². The zero-order valence-corrected chi connectivity index (χ0v) is 14.0. The van der Waals surface area contributed by atoms with Gasteiger partial charge in [0.1, 0.15) is 5.82 Å². The first-order chi connectivity index (χ1) is 10.7. The van der Waals surface area contributed by atoms with Crippen LogP contribution in [0.1, 0.15) is 31.3 Å². The van der Waals surface area contributed by atoms with Crippen molar-refractivity contribution in [2.45, 2.75) is 39.7 Å². The second-order valence-corrected chi connectivity index (χ2v) is 5.95. The van der Waals surface area contributed by atoms with Gasteiger partial charge in [-0.25, -0.2) is 9.78 Å². The minimum atomic E-state index is 0.0612. The second-order valence-electron chi connectivity index (χ2n) is 5.95. The van der Waals surface area contributed by atoms with Gasteiger partial charge in [0.05, 0.1) is 6.61 Å². The van der Waals surface area contributed by atoms with Gasteiger partial charge < -0.3 is 19.5 Å². The van der Waals surface area contributed by atoms with Crippen molar-refractivity contribution < 1.29 is 9.53 Å². The Kier molecular flexibility index (Phi) is 6.24. The van der Waals surface area contributed by atoms with Gasteiger partial charge in [-0.3, -0.25) is 0 Å². The number of methoxy groups -OCH3 is 1. The van der Waals surface area contributed by atoms with E-state index < -0.39 is 0 Å². The van der Waals surface area contributed by atoms with Gasteiger partial charge in [-0.05, 0) is 32.6 Å². The Morgan fingerprint density at radius 3 is 3.09 bits per heavy atom. The Labute approximate surface area is 132 Å². The molecule has 124 valence electrons. The normalized spacial score (nSPS) is 18.5. The molecule has 1 N–H and O–H groups in total. The molecule has 0 aromatic carbocycles. The fourth-order valence-electron chi connectivity index (χ4n) is 3.10. The van der Waals surface area contributed by atoms with Gasteiger partial charge >= 0.3 is 6.03 Å². The highest BCUT2D eigenvalue weighted by atomic mass is 16.5. The van der Waals surface area contributed by atoms with Crippen molar-refractivity contribution in [2.24, 2.45) is 5.92 Å². The molecule has 0 bridgehead atoms. The van der Waals surface area contributed by atoms with E-state index in [0.717, 1.165) is 44.7 Å². The van der Waals surface area contributed by atoms with E-state index in [4.69, 9.17) is 4.74 Å². The van der Waals surface area contributed by atoms with E-state index in [1.54, 1.807) is 7.11 Å². The molecule has 6 nitrogen and oxygen atoms in total. The lowest BCUT2D eigenvalue weighted by Crippen LogP contribution is -2.45. The highest BCUT2D eigenvalue weighted by Gasteiger charge is 2.24. The van der Waals surface area contributed by atoms with Crippen LogP contribution < -0.4 is 5.32 Å². The topological polar surface area (TPSA) is 59.4 Å². The molecule has 1 aromatic heterocycles. The summed E-state index contributed by atoms with van der Waals surface area (Å²) < 4.78 is 7.41. The maximum absolute atomic E-state index is 12.0. The van der Waals surface area contributed by atoms with E-state index in [1.807, 2.05) is 18.0 Å². The van der Waals surface area contributed by atoms with Crippen molar-refractivity contribution in [3.8, 4) is 0 Å². The van der Waals surface area contributed by atoms with Gasteiger partial charge in [-0.1, -0.05) is 0 Å². The average Bonchev–Trinajstić information content (AvgIpc) is 2.86. The van der Waals surface area contributed by atoms with Crippen molar-refractivity contribution >= 4 is 6.03 Å². The number of nitrogens with one attached hydrogen (secondary N) is 1. The van der Waals surface area contributed by atoms with Gasteiger partial charge in [0, 0.05) is 51.6 Å². The number of aromatic nitrogens is 2. The Bertz CT molecular complexity index is 486. The van der Waals surface area contributed by atoms with Gasteiger partial charge in [0.15, 0.2) is 0 Å². The summed E-state index contributed by atoms with van der Waals surface area (Å²) in [5.74, 6) is 1.59. The zero-order chi connectivity index (χ0) is 15.9. The van der Waals surface area contributed by atoms with Crippen LogP contribution in [0.5, 0.6) is 0 Å². The Balaban J connectivity index is 1.97. The predicted molar refractivity (Wildman–Crippen MR) is 85.9 cm³/mol. The van der Waals surface area contributed by atoms with Crippen molar-refractivity contribution in [2.75, 3.05) is 33.4 Å². The number of aryl methyl sites for hydroxylation is 1. The molecular formula is C16H28N4O2. The third-order valence-electron chi connectivity index (χ3n) is 4.26. The van der Waals surface area contributed by atoms with Crippen molar-refractivity contribution in [3.05, 3.63) is 17.7 Å². The lowest BCUT2D eigenvalue weighted by atomic mass is 9.94. The van der Waals surface area contributed by atoms with Gasteiger partial charge in [0.2, 0.25) is 0 Å². The van der Waals surface area contributed by atoms with Crippen LogP contribution in [-0.2, 0) is 17.7 Å². The third-order valence-corrected chi connectivity index (χ3v) is 4.26. The molecule has 2 heterocycles. The van der Waals surface area contributed by atoms with Gasteiger partial charge in [-0.15, -0.1) is 0 Å². The first-order valence-electron chi connectivity index (χ1n) is 8.18. The molecule has 2 amide bonds. The Morgan fingerprint density at radius 1 is 1.55 bits per heavy atom. The van der Waals surface area contributed by atoms with Crippen LogP contribution in [0.25, 0.3) is 0 Å². The maximum atomic E-state index is 12.0. The zero-order valence-electron chi connectivity index (χ0n) is 14.0. The summed E-state index contributed by atoms with van der Waals surface area (Å²) in [6, 6.07) is 0.0612. The van der Waals surface area contributed by atoms with E-state index in [9.17, 15) is 4.79 Å². The Hall–Kier alpha value is -1.56. The number of amides is 2. The summed E-state index contributed by atoms with van der Waals surface area (Å²) >= 11 is 0. The molecule has 1 aromatic rings. The molecule has 1 fully saturated rings. The smallest absolute Gasteiger partial charge is 0.317 e. The summed E-state index contributed by atoms with van der Waals surface area (Å²) in [7, 11) is 1.72. The predicted octanol–water partition coefficient (Wildman–Crippen LogP) is 1.82. The van der Waals surface area contributed by atoms with Crippen LogP contribution in [0.15, 0.2) is 6.20 Å². The van der Waals surface area contributed by atoms with Crippen molar-refractivity contribution in [1.29, 1.82) is 0 Å². The number of carbonyl (C=O) groups excluding carboxylic acids is 1. The van der Waals surface area contributed by atoms with Crippen LogP contribution in [0, 0.1) is 12.8 Å². The van der Waals surface area contributed by atoms with Crippen LogP contribution in [0.3, 0.4) is 0 Å². The fraction of sp³-hybridized carbons (Fsp3) is 0.750. The highest BCUT2D eigenvalue weighted by Crippen LogP contribution is 2.21. The first kappa shape index (κ1) is 16.8. The molecule has 1 unspecified atom stereocenters. The van der Waals surface area contributed by atoms with Gasteiger partial charge in [0.25, 0.3) is 0 Å². The molecule has 2 rings (SSSR count). The minimum absolute atomic E-state index is 0.0612. The molecule has 1 saturated heterocycles. The number of likely N-dealkylation sites (tertiary alicyclic amines) is 1. The van der Waals surface area contributed by atoms with Crippen molar-refractivity contribution in [1.82, 2.24) is 19.8 Å². The van der Waals surface area contributed by atoms with E-state index in [1.165, 1.54) is 5.69 Å². The molecule has 1 atom stereocenters. The number of carbonyl (C=O) groups is 1. The number of nitrogens with zero attached hydrogens (tertiary/aromatic N) is 3. The lowest BCUT2D eigenvalue weighted by molar-refractivity contribution is 0.163. The number of urea groups is 1. The summed E-state index contributed by atoms with van der Waals surface area (Å²) in [6.45, 7) is 7.93. The lowest BCUT2D eigenvalue weighted by Gasteiger charge is -2.32. The molecule has 0 saturated carbocycles. The monoisotopic (exact) mass is 308 g/mol. The molecule has 1 aliphatic heterocycles. The largest absolute Gasteiger partial charge is 0.383 e. The first-order valence-corrected chi connectivity index (χ1v) is 8.18. The number of hydrogen-bond donors (Lipinski definition) is 1.